The fourth-order valence-corrected chi connectivity index (χ4v) is 2.43. The Balaban J connectivity index is 1.71. The van der Waals surface area contributed by atoms with Gasteiger partial charge in [-0.3, -0.25) is 4.98 Å². The molecule has 2 heterocycles. The largest absolute Gasteiger partial charge is 0.378 e. The number of aromatic nitrogens is 3. The van der Waals surface area contributed by atoms with E-state index in [4.69, 9.17) is 0 Å². The van der Waals surface area contributed by atoms with Crippen LogP contribution >= 0.6 is 11.5 Å². The predicted octanol–water partition coefficient (Wildman–Crippen LogP) is 2.03. The van der Waals surface area contributed by atoms with Gasteiger partial charge in [-0.1, -0.05) is 4.49 Å². The molecule has 0 spiro atoms. The van der Waals surface area contributed by atoms with Crippen molar-refractivity contribution in [3.05, 3.63) is 34.6 Å². The molecular formula is C11H12N4S. The summed E-state index contributed by atoms with van der Waals surface area (Å²) in [6.07, 6.45) is 5.44. The van der Waals surface area contributed by atoms with Crippen LogP contribution in [0.25, 0.3) is 0 Å². The number of pyridine rings is 1. The van der Waals surface area contributed by atoms with Gasteiger partial charge < -0.3 is 5.32 Å². The van der Waals surface area contributed by atoms with Crippen LogP contribution in [0.2, 0.25) is 0 Å². The van der Waals surface area contributed by atoms with Crippen LogP contribution in [-0.4, -0.2) is 14.6 Å². The topological polar surface area (TPSA) is 50.7 Å². The summed E-state index contributed by atoms with van der Waals surface area (Å²) in [6, 6.07) is 2.20. The molecular weight excluding hydrogens is 220 g/mol. The number of rotatable bonds is 3. The van der Waals surface area contributed by atoms with Crippen molar-refractivity contribution >= 4 is 17.2 Å². The Morgan fingerprint density at radius 1 is 1.38 bits per heavy atom. The van der Waals surface area contributed by atoms with Gasteiger partial charge in [0.2, 0.25) is 0 Å². The molecule has 2 aromatic rings. The zero-order valence-corrected chi connectivity index (χ0v) is 9.63. The maximum absolute atomic E-state index is 4.46. The number of anilines is 1. The molecule has 5 heteroatoms. The fraction of sp³-hybridized carbons (Fsp3) is 0.364. The number of nitrogens with one attached hydrogen (secondary N) is 1. The van der Waals surface area contributed by atoms with Gasteiger partial charge in [0.15, 0.2) is 0 Å². The molecule has 3 rings (SSSR count). The summed E-state index contributed by atoms with van der Waals surface area (Å²) >= 11 is 1.38. The first kappa shape index (κ1) is 9.72. The van der Waals surface area contributed by atoms with Gasteiger partial charge in [-0.2, -0.15) is 0 Å². The number of hydrogen-bond acceptors (Lipinski definition) is 5. The molecule has 0 radical (unpaired) electrons. The molecule has 16 heavy (non-hydrogen) atoms. The van der Waals surface area contributed by atoms with Crippen LogP contribution in [0, 0.1) is 0 Å². The third-order valence-corrected chi connectivity index (χ3v) is 3.35. The van der Waals surface area contributed by atoms with Gasteiger partial charge >= 0.3 is 0 Å². The van der Waals surface area contributed by atoms with E-state index in [1.807, 2.05) is 11.6 Å². The highest BCUT2D eigenvalue weighted by molar-refractivity contribution is 7.03. The molecule has 0 fully saturated rings. The standard InChI is InChI=1S/C11H12N4S/c1-2-8-4-9(5-13-11(8)3-1)12-6-10-7-16-15-14-10/h4-5,7,12H,1-3,6H2. The lowest BCUT2D eigenvalue weighted by Gasteiger charge is -2.05. The van der Waals surface area contributed by atoms with E-state index in [0.717, 1.165) is 30.8 Å². The van der Waals surface area contributed by atoms with Gasteiger partial charge in [-0.25, -0.2) is 0 Å². The first-order valence-electron chi connectivity index (χ1n) is 5.39. The average molecular weight is 232 g/mol. The molecule has 2 aromatic heterocycles. The van der Waals surface area contributed by atoms with Crippen molar-refractivity contribution in [2.24, 2.45) is 0 Å². The molecule has 0 saturated carbocycles. The summed E-state index contributed by atoms with van der Waals surface area (Å²) in [5.74, 6) is 0. The third kappa shape index (κ3) is 1.90. The fourth-order valence-electron chi connectivity index (χ4n) is 1.98. The molecule has 1 aliphatic carbocycles. The van der Waals surface area contributed by atoms with Gasteiger partial charge in [-0.05, 0) is 42.4 Å². The van der Waals surface area contributed by atoms with E-state index in [-0.39, 0.29) is 0 Å². The summed E-state index contributed by atoms with van der Waals surface area (Å²) in [5.41, 5.74) is 4.71. The molecule has 82 valence electrons. The summed E-state index contributed by atoms with van der Waals surface area (Å²) in [5, 5.41) is 9.26. The summed E-state index contributed by atoms with van der Waals surface area (Å²) in [7, 11) is 0. The highest BCUT2D eigenvalue weighted by atomic mass is 32.1. The van der Waals surface area contributed by atoms with E-state index in [9.17, 15) is 0 Å². The lowest BCUT2D eigenvalue weighted by molar-refractivity contribution is 0.899. The highest BCUT2D eigenvalue weighted by Gasteiger charge is 2.12. The van der Waals surface area contributed by atoms with Crippen LogP contribution < -0.4 is 5.32 Å². The Kier molecular flexibility index (Phi) is 2.53. The van der Waals surface area contributed by atoms with E-state index in [0.29, 0.717) is 0 Å². The Hall–Kier alpha value is -1.49. The second-order valence-electron chi connectivity index (χ2n) is 3.93. The van der Waals surface area contributed by atoms with Crippen LogP contribution in [0.15, 0.2) is 17.6 Å². The molecule has 0 aliphatic heterocycles. The molecule has 0 amide bonds. The molecule has 1 N–H and O–H groups in total. The summed E-state index contributed by atoms with van der Waals surface area (Å²) in [6.45, 7) is 0.719. The summed E-state index contributed by atoms with van der Waals surface area (Å²) in [4.78, 5) is 4.46. The van der Waals surface area contributed by atoms with E-state index < -0.39 is 0 Å². The van der Waals surface area contributed by atoms with Crippen molar-refractivity contribution in [1.82, 2.24) is 14.6 Å². The normalized spacial score (nSPS) is 13.8. The molecule has 0 bridgehead atoms. The van der Waals surface area contributed by atoms with Gasteiger partial charge in [0.25, 0.3) is 0 Å². The zero-order valence-electron chi connectivity index (χ0n) is 8.81. The number of fused-ring (bicyclic) bond motifs is 1. The second kappa shape index (κ2) is 4.17. The van der Waals surface area contributed by atoms with Crippen LogP contribution in [-0.2, 0) is 19.4 Å². The van der Waals surface area contributed by atoms with E-state index in [2.05, 4.69) is 26.0 Å². The van der Waals surface area contributed by atoms with Crippen molar-refractivity contribution in [2.75, 3.05) is 5.32 Å². The van der Waals surface area contributed by atoms with Crippen LogP contribution in [0.4, 0.5) is 5.69 Å². The molecule has 0 saturated heterocycles. The zero-order chi connectivity index (χ0) is 10.8. The van der Waals surface area contributed by atoms with Gasteiger partial charge in [-0.15, -0.1) is 5.10 Å². The monoisotopic (exact) mass is 232 g/mol. The van der Waals surface area contributed by atoms with Crippen molar-refractivity contribution < 1.29 is 0 Å². The Labute approximate surface area is 97.9 Å². The van der Waals surface area contributed by atoms with Gasteiger partial charge in [0.05, 0.1) is 24.1 Å². The van der Waals surface area contributed by atoms with E-state index in [1.165, 1.54) is 29.2 Å². The van der Waals surface area contributed by atoms with Crippen LogP contribution in [0.1, 0.15) is 23.4 Å². The van der Waals surface area contributed by atoms with Crippen molar-refractivity contribution in [1.29, 1.82) is 0 Å². The van der Waals surface area contributed by atoms with Gasteiger partial charge in [0, 0.05) is 11.1 Å². The lowest BCUT2D eigenvalue weighted by atomic mass is 10.2. The maximum atomic E-state index is 4.46. The average Bonchev–Trinajstić information content (AvgIpc) is 2.97. The minimum Gasteiger partial charge on any atom is -0.378 e. The van der Waals surface area contributed by atoms with Crippen molar-refractivity contribution in [3.8, 4) is 0 Å². The van der Waals surface area contributed by atoms with Crippen molar-refractivity contribution in [2.45, 2.75) is 25.8 Å². The number of nitrogens with zero attached hydrogens (tertiary/aromatic N) is 3. The van der Waals surface area contributed by atoms with E-state index in [1.54, 1.807) is 0 Å². The Morgan fingerprint density at radius 3 is 3.25 bits per heavy atom. The van der Waals surface area contributed by atoms with Crippen LogP contribution in [0.5, 0.6) is 0 Å². The number of hydrogen-bond donors (Lipinski definition) is 1. The third-order valence-electron chi connectivity index (χ3n) is 2.80. The Bertz CT molecular complexity index is 481. The first-order valence-corrected chi connectivity index (χ1v) is 6.23. The predicted molar refractivity (Wildman–Crippen MR) is 63.5 cm³/mol. The first-order chi connectivity index (χ1) is 7.92. The van der Waals surface area contributed by atoms with E-state index >= 15 is 0 Å². The molecule has 0 unspecified atom stereocenters. The van der Waals surface area contributed by atoms with Crippen molar-refractivity contribution in [3.63, 3.8) is 0 Å². The smallest absolute Gasteiger partial charge is 0.0946 e. The minimum atomic E-state index is 0.719. The van der Waals surface area contributed by atoms with Crippen LogP contribution in [0.3, 0.4) is 0 Å². The van der Waals surface area contributed by atoms with Gasteiger partial charge in [0.1, 0.15) is 0 Å². The lowest BCUT2D eigenvalue weighted by Crippen LogP contribution is -2.01. The summed E-state index contributed by atoms with van der Waals surface area (Å²) < 4.78 is 3.83. The molecule has 0 atom stereocenters. The number of aryl methyl sites for hydroxylation is 2. The Morgan fingerprint density at radius 2 is 2.38 bits per heavy atom. The maximum Gasteiger partial charge on any atom is 0.0946 e. The second-order valence-corrected chi connectivity index (χ2v) is 4.54. The minimum absolute atomic E-state index is 0.719. The quantitative estimate of drug-likeness (QED) is 0.879. The molecule has 4 nitrogen and oxygen atoms in total. The molecule has 1 aliphatic rings. The molecule has 0 aromatic carbocycles. The highest BCUT2D eigenvalue weighted by Crippen LogP contribution is 2.22. The SMILES string of the molecule is c1nc2c(cc1NCc1csnn1)CCC2.